The molecule has 1 saturated carbocycles. The summed E-state index contributed by atoms with van der Waals surface area (Å²) in [6.45, 7) is 0. The lowest BCUT2D eigenvalue weighted by Gasteiger charge is -2.38. The van der Waals surface area contributed by atoms with Crippen molar-refractivity contribution in [1.29, 1.82) is 0 Å². The molecule has 0 atom stereocenters. The van der Waals surface area contributed by atoms with E-state index < -0.39 is 17.4 Å². The van der Waals surface area contributed by atoms with Crippen LogP contribution in [-0.4, -0.2) is 27.5 Å². The minimum absolute atomic E-state index is 0.336. The summed E-state index contributed by atoms with van der Waals surface area (Å²) in [4.78, 5) is 27.4. The Morgan fingerprint density at radius 1 is 1.29 bits per heavy atom. The first-order valence-corrected chi connectivity index (χ1v) is 6.73. The van der Waals surface area contributed by atoms with E-state index in [2.05, 4.69) is 10.3 Å². The normalized spacial score (nSPS) is 16.2. The van der Waals surface area contributed by atoms with E-state index in [-0.39, 0.29) is 0 Å². The van der Waals surface area contributed by atoms with Crippen LogP contribution < -0.4 is 11.1 Å². The second kappa shape index (κ2) is 4.73. The van der Waals surface area contributed by atoms with Gasteiger partial charge in [0.25, 0.3) is 0 Å². The minimum atomic E-state index is -0.982. The molecule has 0 bridgehead atoms. The van der Waals surface area contributed by atoms with Crippen LogP contribution in [0.25, 0.3) is 10.9 Å². The highest BCUT2D eigenvalue weighted by Crippen LogP contribution is 2.35. The molecule has 4 N–H and O–H groups in total. The van der Waals surface area contributed by atoms with Gasteiger partial charge in [-0.15, -0.1) is 0 Å². The molecule has 3 rings (SSSR count). The fraction of sp³-hybridized carbons (Fsp3) is 0.267. The van der Waals surface area contributed by atoms with Gasteiger partial charge in [-0.05, 0) is 31.4 Å². The van der Waals surface area contributed by atoms with Gasteiger partial charge in [0.05, 0.1) is 11.1 Å². The molecule has 0 spiro atoms. The second-order valence-electron chi connectivity index (χ2n) is 5.30. The van der Waals surface area contributed by atoms with E-state index in [4.69, 9.17) is 5.73 Å². The standard InChI is InChI=1S/C15H15N3O3/c16-13(19)10-8-12(17-11-5-2-1-4-9(10)11)18-15(14(20)21)6-3-7-15/h1-2,4-5,8H,3,6-7H2,(H2,16,19)(H,17,18)(H,20,21). The summed E-state index contributed by atoms with van der Waals surface area (Å²) in [5.74, 6) is -1.09. The SMILES string of the molecule is NC(=O)c1cc(NC2(C(=O)O)CCC2)nc2ccccc12. The topological polar surface area (TPSA) is 105 Å². The van der Waals surface area contributed by atoms with E-state index in [1.54, 1.807) is 24.3 Å². The first-order valence-electron chi connectivity index (χ1n) is 6.73. The number of hydrogen-bond donors (Lipinski definition) is 3. The molecule has 6 nitrogen and oxygen atoms in total. The number of fused-ring (bicyclic) bond motifs is 1. The molecule has 0 radical (unpaired) electrons. The minimum Gasteiger partial charge on any atom is -0.480 e. The molecule has 1 heterocycles. The zero-order valence-corrected chi connectivity index (χ0v) is 11.3. The van der Waals surface area contributed by atoms with Gasteiger partial charge in [0, 0.05) is 5.39 Å². The molecule has 108 valence electrons. The second-order valence-corrected chi connectivity index (χ2v) is 5.30. The fourth-order valence-electron chi connectivity index (χ4n) is 2.61. The van der Waals surface area contributed by atoms with E-state index in [1.807, 2.05) is 0 Å². The van der Waals surface area contributed by atoms with Crippen LogP contribution in [0.5, 0.6) is 0 Å². The van der Waals surface area contributed by atoms with Gasteiger partial charge in [0.2, 0.25) is 5.91 Å². The predicted molar refractivity (Wildman–Crippen MR) is 78.1 cm³/mol. The number of pyridine rings is 1. The smallest absolute Gasteiger partial charge is 0.329 e. The van der Waals surface area contributed by atoms with Gasteiger partial charge in [-0.1, -0.05) is 18.2 Å². The van der Waals surface area contributed by atoms with E-state index >= 15 is 0 Å². The van der Waals surface area contributed by atoms with Crippen molar-refractivity contribution in [3.05, 3.63) is 35.9 Å². The van der Waals surface area contributed by atoms with Crippen molar-refractivity contribution in [3.63, 3.8) is 0 Å². The van der Waals surface area contributed by atoms with E-state index in [0.29, 0.717) is 35.1 Å². The van der Waals surface area contributed by atoms with Crippen LogP contribution in [0.1, 0.15) is 29.6 Å². The van der Waals surface area contributed by atoms with Gasteiger partial charge in [-0.2, -0.15) is 0 Å². The zero-order valence-electron chi connectivity index (χ0n) is 11.3. The number of para-hydroxylation sites is 1. The Morgan fingerprint density at radius 3 is 2.57 bits per heavy atom. The van der Waals surface area contributed by atoms with Gasteiger partial charge < -0.3 is 16.2 Å². The van der Waals surface area contributed by atoms with Crippen LogP contribution in [0.15, 0.2) is 30.3 Å². The quantitative estimate of drug-likeness (QED) is 0.793. The van der Waals surface area contributed by atoms with Crippen LogP contribution >= 0.6 is 0 Å². The Labute approximate surface area is 121 Å². The van der Waals surface area contributed by atoms with E-state index in [0.717, 1.165) is 6.42 Å². The summed E-state index contributed by atoms with van der Waals surface area (Å²) in [5, 5.41) is 13.0. The molecule has 1 amide bonds. The highest BCUT2D eigenvalue weighted by atomic mass is 16.4. The van der Waals surface area contributed by atoms with Gasteiger partial charge in [-0.25, -0.2) is 9.78 Å². The Morgan fingerprint density at radius 2 is 2.00 bits per heavy atom. The lowest BCUT2D eigenvalue weighted by Crippen LogP contribution is -2.52. The third kappa shape index (κ3) is 2.18. The molecular formula is C15H15N3O3. The predicted octanol–water partition coefficient (Wildman–Crippen LogP) is 1.75. The van der Waals surface area contributed by atoms with Crippen LogP contribution in [0.2, 0.25) is 0 Å². The number of nitrogens with two attached hydrogens (primary N) is 1. The number of anilines is 1. The first-order chi connectivity index (χ1) is 10.0. The fourth-order valence-corrected chi connectivity index (χ4v) is 2.61. The zero-order chi connectivity index (χ0) is 15.0. The number of hydrogen-bond acceptors (Lipinski definition) is 4. The van der Waals surface area contributed by atoms with Gasteiger partial charge >= 0.3 is 5.97 Å². The molecule has 0 aliphatic heterocycles. The van der Waals surface area contributed by atoms with Crippen LogP contribution in [-0.2, 0) is 4.79 Å². The lowest BCUT2D eigenvalue weighted by molar-refractivity contribution is -0.145. The molecule has 0 unspecified atom stereocenters. The van der Waals surface area contributed by atoms with Gasteiger partial charge in [-0.3, -0.25) is 4.79 Å². The van der Waals surface area contributed by atoms with Gasteiger partial charge in [0.1, 0.15) is 11.4 Å². The summed E-state index contributed by atoms with van der Waals surface area (Å²) < 4.78 is 0. The molecule has 21 heavy (non-hydrogen) atoms. The largest absolute Gasteiger partial charge is 0.480 e. The molecule has 6 heteroatoms. The number of carboxylic acids is 1. The summed E-state index contributed by atoms with van der Waals surface area (Å²) in [7, 11) is 0. The molecule has 2 aromatic rings. The average molecular weight is 285 g/mol. The third-order valence-corrected chi connectivity index (χ3v) is 3.97. The number of aliphatic carboxylic acids is 1. The number of benzene rings is 1. The maximum absolute atomic E-state index is 11.6. The molecule has 1 aromatic heterocycles. The van der Waals surface area contributed by atoms with Crippen molar-refractivity contribution in [2.45, 2.75) is 24.8 Å². The number of carboxylic acid groups (broad SMARTS) is 1. The number of aromatic nitrogens is 1. The Bertz CT molecular complexity index is 738. The first kappa shape index (κ1) is 13.4. The number of primary amides is 1. The number of carbonyl (C=O) groups is 2. The number of nitrogens with zero attached hydrogens (tertiary/aromatic N) is 1. The third-order valence-electron chi connectivity index (χ3n) is 3.97. The van der Waals surface area contributed by atoms with Crippen LogP contribution in [0.3, 0.4) is 0 Å². The molecule has 1 aliphatic rings. The monoisotopic (exact) mass is 285 g/mol. The van der Waals surface area contributed by atoms with E-state index in [9.17, 15) is 14.7 Å². The summed E-state index contributed by atoms with van der Waals surface area (Å²) in [6.07, 6.45) is 1.95. The molecular weight excluding hydrogens is 270 g/mol. The van der Waals surface area contributed by atoms with Crippen LogP contribution in [0.4, 0.5) is 5.82 Å². The number of rotatable bonds is 4. The van der Waals surface area contributed by atoms with E-state index in [1.165, 1.54) is 6.07 Å². The average Bonchev–Trinajstić information content (AvgIpc) is 2.41. The van der Waals surface area contributed by atoms with Crippen molar-refractivity contribution < 1.29 is 14.7 Å². The Balaban J connectivity index is 2.07. The van der Waals surface area contributed by atoms with Crippen molar-refractivity contribution in [3.8, 4) is 0 Å². The van der Waals surface area contributed by atoms with Crippen LogP contribution in [0, 0.1) is 0 Å². The maximum atomic E-state index is 11.6. The summed E-state index contributed by atoms with van der Waals surface area (Å²) in [5.41, 5.74) is 5.37. The highest BCUT2D eigenvalue weighted by molar-refractivity contribution is 6.06. The number of amides is 1. The Kier molecular flexibility index (Phi) is 3.01. The molecule has 1 fully saturated rings. The van der Waals surface area contributed by atoms with Crippen molar-refractivity contribution >= 4 is 28.6 Å². The molecule has 1 aliphatic carbocycles. The number of nitrogens with one attached hydrogen (secondary N) is 1. The van der Waals surface area contributed by atoms with Gasteiger partial charge in [0.15, 0.2) is 0 Å². The molecule has 0 saturated heterocycles. The van der Waals surface area contributed by atoms with Crippen molar-refractivity contribution in [2.75, 3.05) is 5.32 Å². The Hall–Kier alpha value is -2.63. The maximum Gasteiger partial charge on any atom is 0.329 e. The highest BCUT2D eigenvalue weighted by Gasteiger charge is 2.44. The summed E-state index contributed by atoms with van der Waals surface area (Å²) >= 11 is 0. The number of carbonyl (C=O) groups excluding carboxylic acids is 1. The lowest BCUT2D eigenvalue weighted by atomic mass is 9.77. The van der Waals surface area contributed by atoms with Crippen molar-refractivity contribution in [1.82, 2.24) is 4.98 Å². The van der Waals surface area contributed by atoms with Crippen molar-refractivity contribution in [2.24, 2.45) is 5.73 Å². The summed E-state index contributed by atoms with van der Waals surface area (Å²) in [6, 6.07) is 8.66. The molecule has 1 aromatic carbocycles.